The molecule has 0 saturated heterocycles. The lowest BCUT2D eigenvalue weighted by atomic mass is 9.81. The van der Waals surface area contributed by atoms with Gasteiger partial charge in [-0.1, -0.05) is 75.3 Å². The van der Waals surface area contributed by atoms with Crippen molar-refractivity contribution in [2.75, 3.05) is 6.61 Å². The van der Waals surface area contributed by atoms with Crippen LogP contribution in [0.1, 0.15) is 116 Å². The molecule has 0 fully saturated rings. The summed E-state index contributed by atoms with van der Waals surface area (Å²) in [4.78, 5) is 60.5. The Labute approximate surface area is 284 Å². The minimum atomic E-state index is -2.80. The smallest absolute Gasteiger partial charge is 0.336 e. The maximum atomic E-state index is 13.0. The summed E-state index contributed by atoms with van der Waals surface area (Å²) < 4.78 is 5.61. The van der Waals surface area contributed by atoms with Crippen LogP contribution >= 0.6 is 0 Å². The number of ketones is 1. The molecule has 1 aromatic rings. The van der Waals surface area contributed by atoms with E-state index in [1.807, 2.05) is 19.9 Å². The number of nitrogens with one attached hydrogen (secondary N) is 1. The van der Waals surface area contributed by atoms with Crippen LogP contribution in [0.25, 0.3) is 0 Å². The number of carboxylic acid groups (broad SMARTS) is 3. The molecule has 0 aromatic heterocycles. The molecule has 5 N–H and O–H groups in total. The van der Waals surface area contributed by atoms with Crippen LogP contribution in [0.4, 0.5) is 0 Å². The molecule has 0 aliphatic carbocycles. The Bertz CT molecular complexity index is 1220. The van der Waals surface area contributed by atoms with E-state index in [1.54, 1.807) is 30.3 Å². The standard InChI is InChI=1S/C37H55NO10/c1-4-5-6-9-13-16-30(39)17-14-11-8-7-10-12-15-29(37(47,36(45)46)26-34(41)42)25-33(40)38-32(35(43)44)24-28-18-20-31(21-19-28)48-23-22-27(2)3/h12,15,18-22,29,32,47H,4-11,13-14,16-17,23-26H2,1-3H3,(H,38,40)(H,41,42)(H,43,44)(H,45,46)/b15-12+/t29-,32+,37+/m1/s1. The van der Waals surface area contributed by atoms with Crippen LogP contribution in [0, 0.1) is 5.92 Å². The maximum absolute atomic E-state index is 13.0. The first-order valence-electron chi connectivity index (χ1n) is 17.0. The predicted octanol–water partition coefficient (Wildman–Crippen LogP) is 6.27. The van der Waals surface area contributed by atoms with Crippen LogP contribution < -0.4 is 10.1 Å². The number of Topliss-reactive ketones (excluding diaryl/α,β-unsaturated/α-hetero) is 1. The lowest BCUT2D eigenvalue weighted by molar-refractivity contribution is -0.170. The molecule has 0 saturated carbocycles. The van der Waals surface area contributed by atoms with Crippen LogP contribution in [-0.2, 0) is 30.4 Å². The summed E-state index contributed by atoms with van der Waals surface area (Å²) in [6, 6.07) is 5.36. The fourth-order valence-corrected chi connectivity index (χ4v) is 5.16. The third kappa shape index (κ3) is 17.8. The number of hydrogen-bond donors (Lipinski definition) is 5. The van der Waals surface area contributed by atoms with Crippen molar-refractivity contribution >= 4 is 29.6 Å². The van der Waals surface area contributed by atoms with Crippen molar-refractivity contribution < 1.29 is 49.1 Å². The van der Waals surface area contributed by atoms with E-state index in [9.17, 15) is 44.4 Å². The third-order valence-electron chi connectivity index (χ3n) is 8.05. The molecule has 1 aromatic carbocycles. The molecule has 0 bridgehead atoms. The molecular weight excluding hydrogens is 618 g/mol. The summed E-state index contributed by atoms with van der Waals surface area (Å²) in [7, 11) is 0. The van der Waals surface area contributed by atoms with E-state index >= 15 is 0 Å². The van der Waals surface area contributed by atoms with Gasteiger partial charge < -0.3 is 30.5 Å². The molecule has 0 radical (unpaired) electrons. The van der Waals surface area contributed by atoms with Gasteiger partial charge in [0.1, 0.15) is 24.2 Å². The second-order valence-electron chi connectivity index (χ2n) is 12.6. The van der Waals surface area contributed by atoms with Gasteiger partial charge in [0.25, 0.3) is 0 Å². The Kier molecular flexibility index (Phi) is 20.5. The van der Waals surface area contributed by atoms with Gasteiger partial charge in [0.2, 0.25) is 5.91 Å². The van der Waals surface area contributed by atoms with Gasteiger partial charge in [-0.2, -0.15) is 0 Å². The molecule has 0 unspecified atom stereocenters. The highest BCUT2D eigenvalue weighted by atomic mass is 16.5. The van der Waals surface area contributed by atoms with Crippen LogP contribution in [-0.4, -0.2) is 68.3 Å². The molecule has 1 rings (SSSR count). The second kappa shape index (κ2) is 23.4. The van der Waals surface area contributed by atoms with Gasteiger partial charge in [0.15, 0.2) is 5.60 Å². The monoisotopic (exact) mass is 673 g/mol. The number of unbranched alkanes of at least 4 members (excludes halogenated alkanes) is 8. The number of carboxylic acids is 3. The average molecular weight is 674 g/mol. The molecule has 3 atom stereocenters. The third-order valence-corrected chi connectivity index (χ3v) is 8.05. The van der Waals surface area contributed by atoms with Crippen molar-refractivity contribution in [3.8, 4) is 5.75 Å². The number of amides is 1. The number of rotatable bonds is 27. The molecule has 0 heterocycles. The lowest BCUT2D eigenvalue weighted by Gasteiger charge is -2.29. The van der Waals surface area contributed by atoms with Crippen molar-refractivity contribution in [3.63, 3.8) is 0 Å². The minimum absolute atomic E-state index is 0.0707. The minimum Gasteiger partial charge on any atom is -0.490 e. The summed E-state index contributed by atoms with van der Waals surface area (Å²) in [5.41, 5.74) is -1.09. The molecule has 1 amide bonds. The van der Waals surface area contributed by atoms with Crippen LogP contribution in [0.5, 0.6) is 5.75 Å². The zero-order chi connectivity index (χ0) is 36.0. The Hall–Kier alpha value is -3.99. The molecule has 11 nitrogen and oxygen atoms in total. The Balaban J connectivity index is 2.77. The SMILES string of the molecule is CCCCCCCC(=O)CCCCCC/C=C/[C@H](CC(=O)N[C@@H](Cc1ccc(OCC=C(C)C)cc1)C(=O)O)[C@@](O)(CC(=O)O)C(=O)O. The first-order valence-corrected chi connectivity index (χ1v) is 17.0. The van der Waals surface area contributed by atoms with E-state index < -0.39 is 54.2 Å². The predicted molar refractivity (Wildman–Crippen MR) is 183 cm³/mol. The lowest BCUT2D eigenvalue weighted by Crippen LogP contribution is -2.50. The first kappa shape index (κ1) is 42.0. The Morgan fingerprint density at radius 1 is 0.875 bits per heavy atom. The second-order valence-corrected chi connectivity index (χ2v) is 12.6. The number of carbonyl (C=O) groups is 5. The van der Waals surface area contributed by atoms with Crippen molar-refractivity contribution in [1.29, 1.82) is 0 Å². The summed E-state index contributed by atoms with van der Waals surface area (Å²) in [6.45, 7) is 6.44. The molecule has 0 aliphatic rings. The van der Waals surface area contributed by atoms with Crippen LogP contribution in [0.15, 0.2) is 48.1 Å². The van der Waals surface area contributed by atoms with Gasteiger partial charge in [0, 0.05) is 31.6 Å². The van der Waals surface area contributed by atoms with Crippen molar-refractivity contribution in [1.82, 2.24) is 5.32 Å². The number of aliphatic hydroxyl groups is 1. The zero-order valence-electron chi connectivity index (χ0n) is 28.7. The normalized spacial score (nSPS) is 13.7. The quantitative estimate of drug-likeness (QED) is 0.0526. The van der Waals surface area contributed by atoms with Gasteiger partial charge in [-0.15, -0.1) is 0 Å². The van der Waals surface area contributed by atoms with Crippen molar-refractivity contribution in [2.45, 2.75) is 129 Å². The van der Waals surface area contributed by atoms with E-state index in [4.69, 9.17) is 4.74 Å². The van der Waals surface area contributed by atoms with Crippen molar-refractivity contribution in [2.24, 2.45) is 5.92 Å². The summed E-state index contributed by atoms with van der Waals surface area (Å²) in [5, 5.41) is 42.1. The molecule has 0 aliphatic heterocycles. The molecular formula is C37H55NO10. The van der Waals surface area contributed by atoms with E-state index in [0.29, 0.717) is 43.6 Å². The van der Waals surface area contributed by atoms with Crippen molar-refractivity contribution in [3.05, 3.63) is 53.6 Å². The maximum Gasteiger partial charge on any atom is 0.336 e. The highest BCUT2D eigenvalue weighted by Gasteiger charge is 2.46. The topological polar surface area (TPSA) is 188 Å². The fourth-order valence-electron chi connectivity index (χ4n) is 5.16. The zero-order valence-corrected chi connectivity index (χ0v) is 28.7. The number of carbonyl (C=O) groups excluding carboxylic acids is 2. The number of aliphatic carboxylic acids is 3. The van der Waals surface area contributed by atoms with Gasteiger partial charge >= 0.3 is 17.9 Å². The Morgan fingerprint density at radius 3 is 2.02 bits per heavy atom. The van der Waals surface area contributed by atoms with E-state index in [-0.39, 0.29) is 12.2 Å². The summed E-state index contributed by atoms with van der Waals surface area (Å²) in [6.07, 6.45) is 13.3. The summed E-state index contributed by atoms with van der Waals surface area (Å²) >= 11 is 0. The Morgan fingerprint density at radius 2 is 1.48 bits per heavy atom. The van der Waals surface area contributed by atoms with E-state index in [1.165, 1.54) is 18.9 Å². The van der Waals surface area contributed by atoms with Crippen LogP contribution in [0.2, 0.25) is 0 Å². The number of ether oxygens (including phenoxy) is 1. The van der Waals surface area contributed by atoms with E-state index in [2.05, 4.69) is 12.2 Å². The first-order chi connectivity index (χ1) is 22.8. The van der Waals surface area contributed by atoms with Gasteiger partial charge in [-0.3, -0.25) is 14.4 Å². The fraction of sp³-hybridized carbons (Fsp3) is 0.595. The number of allylic oxidation sites excluding steroid dienone is 2. The van der Waals surface area contributed by atoms with E-state index in [0.717, 1.165) is 44.1 Å². The highest BCUT2D eigenvalue weighted by molar-refractivity contribution is 5.87. The largest absolute Gasteiger partial charge is 0.490 e. The number of benzene rings is 1. The molecule has 268 valence electrons. The van der Waals surface area contributed by atoms with Crippen LogP contribution in [0.3, 0.4) is 0 Å². The average Bonchev–Trinajstić information content (AvgIpc) is 3.01. The van der Waals surface area contributed by atoms with Gasteiger partial charge in [0.05, 0.1) is 6.42 Å². The van der Waals surface area contributed by atoms with Gasteiger partial charge in [-0.25, -0.2) is 9.59 Å². The highest BCUT2D eigenvalue weighted by Crippen LogP contribution is 2.28. The molecule has 11 heteroatoms. The summed E-state index contributed by atoms with van der Waals surface area (Å²) in [5.74, 6) is -6.09. The van der Waals surface area contributed by atoms with Gasteiger partial charge in [-0.05, 0) is 63.3 Å². The number of hydrogen-bond acceptors (Lipinski definition) is 7. The molecule has 48 heavy (non-hydrogen) atoms. The molecule has 0 spiro atoms.